The number of carboxylic acids is 1. The van der Waals surface area contributed by atoms with Crippen molar-refractivity contribution in [2.75, 3.05) is 32.9 Å². The average Bonchev–Trinajstić information content (AvgIpc) is 3.25. The van der Waals surface area contributed by atoms with Gasteiger partial charge >= 0.3 is 5.97 Å². The molecule has 0 saturated heterocycles. The maximum Gasteiger partial charge on any atom is 0.307 e. The summed E-state index contributed by atoms with van der Waals surface area (Å²) in [4.78, 5) is 13.6. The van der Waals surface area contributed by atoms with Crippen LogP contribution in [0.15, 0.2) is 42.0 Å². The third-order valence-electron chi connectivity index (χ3n) is 7.45. The molecule has 0 aromatic heterocycles. The van der Waals surface area contributed by atoms with Gasteiger partial charge in [0.1, 0.15) is 18.2 Å². The highest BCUT2D eigenvalue weighted by Gasteiger charge is 2.43. The van der Waals surface area contributed by atoms with E-state index < -0.39 is 42.4 Å². The highest BCUT2D eigenvalue weighted by atomic mass is 19.3. The summed E-state index contributed by atoms with van der Waals surface area (Å²) in [6.45, 7) is 3.93. The number of benzene rings is 2. The number of halogens is 4. The van der Waals surface area contributed by atoms with Crippen molar-refractivity contribution >= 4 is 11.5 Å². The lowest BCUT2D eigenvalue weighted by Gasteiger charge is -2.43. The summed E-state index contributed by atoms with van der Waals surface area (Å²) in [6.07, 6.45) is -1.58. The molecule has 2 N–H and O–H groups in total. The zero-order chi connectivity index (χ0) is 27.4. The van der Waals surface area contributed by atoms with Crippen molar-refractivity contribution in [2.24, 2.45) is 5.92 Å². The fourth-order valence-corrected chi connectivity index (χ4v) is 5.61. The van der Waals surface area contributed by atoms with Gasteiger partial charge in [0.05, 0.1) is 24.2 Å². The standard InChI is InChI=1S/C29H34F4N2O3/c1-17(29(36)37)16-35-18(2)14-21-20-7-4-3-6-19(20)15-22(21)27(35)25-23(31)8-9-24(26(25)28(32)33)38-13-12-34-11-5-10-30/h3-4,6-9,17-18,27-28,34H,5,10-16H2,1-2H3,(H,36,37)/t17-,18+,27-/m0/s1. The third-order valence-corrected chi connectivity index (χ3v) is 7.45. The van der Waals surface area contributed by atoms with Crippen LogP contribution >= 0.6 is 0 Å². The summed E-state index contributed by atoms with van der Waals surface area (Å²) in [7, 11) is 0. The first-order chi connectivity index (χ1) is 18.2. The summed E-state index contributed by atoms with van der Waals surface area (Å²) in [5.41, 5.74) is 3.26. The highest BCUT2D eigenvalue weighted by molar-refractivity contribution is 5.79. The van der Waals surface area contributed by atoms with Gasteiger partial charge in [0.15, 0.2) is 0 Å². The Bertz CT molecular complexity index is 1190. The lowest BCUT2D eigenvalue weighted by atomic mass is 9.82. The van der Waals surface area contributed by atoms with E-state index in [1.165, 1.54) is 6.07 Å². The van der Waals surface area contributed by atoms with Gasteiger partial charge in [0.2, 0.25) is 0 Å². The predicted molar refractivity (Wildman–Crippen MR) is 138 cm³/mol. The molecule has 2 aromatic rings. The fourth-order valence-electron chi connectivity index (χ4n) is 5.61. The van der Waals surface area contributed by atoms with Crippen molar-refractivity contribution in [2.45, 2.75) is 51.6 Å². The Kier molecular flexibility index (Phi) is 9.10. The normalized spacial score (nSPS) is 20.0. The van der Waals surface area contributed by atoms with Crippen LogP contribution < -0.4 is 10.1 Å². The Labute approximate surface area is 220 Å². The predicted octanol–water partition coefficient (Wildman–Crippen LogP) is 5.96. The van der Waals surface area contributed by atoms with Gasteiger partial charge in [0, 0.05) is 24.7 Å². The molecule has 1 aliphatic carbocycles. The van der Waals surface area contributed by atoms with Gasteiger partial charge in [-0.2, -0.15) is 0 Å². The molecule has 1 heterocycles. The van der Waals surface area contributed by atoms with E-state index in [4.69, 9.17) is 4.74 Å². The Morgan fingerprint density at radius 3 is 2.68 bits per heavy atom. The van der Waals surface area contributed by atoms with Crippen molar-refractivity contribution in [3.05, 3.63) is 70.0 Å². The molecule has 0 bridgehead atoms. The van der Waals surface area contributed by atoms with Gasteiger partial charge in [-0.05, 0) is 67.1 Å². The van der Waals surface area contributed by atoms with Crippen LogP contribution in [-0.4, -0.2) is 54.9 Å². The maximum absolute atomic E-state index is 15.7. The van der Waals surface area contributed by atoms with Crippen LogP contribution in [-0.2, 0) is 11.2 Å². The summed E-state index contributed by atoms with van der Waals surface area (Å²) >= 11 is 0. The molecule has 206 valence electrons. The van der Waals surface area contributed by atoms with Crippen LogP contribution in [0.1, 0.15) is 61.4 Å². The molecule has 9 heteroatoms. The summed E-state index contributed by atoms with van der Waals surface area (Å²) in [5.74, 6) is -2.66. The molecule has 2 aliphatic rings. The van der Waals surface area contributed by atoms with Crippen LogP contribution in [0.5, 0.6) is 5.75 Å². The van der Waals surface area contributed by atoms with Gasteiger partial charge in [-0.1, -0.05) is 31.2 Å². The summed E-state index contributed by atoms with van der Waals surface area (Å²) in [6, 6.07) is 9.12. The van der Waals surface area contributed by atoms with E-state index >= 15 is 4.39 Å². The van der Waals surface area contributed by atoms with E-state index in [9.17, 15) is 23.1 Å². The monoisotopic (exact) mass is 534 g/mol. The number of fused-ring (bicyclic) bond motifs is 2. The number of hydrogen-bond donors (Lipinski definition) is 2. The van der Waals surface area contributed by atoms with Crippen molar-refractivity contribution in [3.8, 4) is 5.75 Å². The topological polar surface area (TPSA) is 61.8 Å². The number of hydrogen-bond acceptors (Lipinski definition) is 4. The molecule has 5 nitrogen and oxygen atoms in total. The van der Waals surface area contributed by atoms with Gasteiger partial charge in [-0.3, -0.25) is 14.1 Å². The Morgan fingerprint density at radius 1 is 1.21 bits per heavy atom. The van der Waals surface area contributed by atoms with Gasteiger partial charge < -0.3 is 15.2 Å². The van der Waals surface area contributed by atoms with Gasteiger partial charge in [-0.25, -0.2) is 13.2 Å². The Morgan fingerprint density at radius 2 is 1.97 bits per heavy atom. The molecule has 0 fully saturated rings. The molecule has 0 saturated carbocycles. The number of nitrogens with one attached hydrogen (secondary N) is 1. The smallest absolute Gasteiger partial charge is 0.307 e. The van der Waals surface area contributed by atoms with Crippen molar-refractivity contribution < 1.29 is 32.2 Å². The van der Waals surface area contributed by atoms with Crippen LogP contribution in [0.2, 0.25) is 0 Å². The largest absolute Gasteiger partial charge is 0.492 e. The maximum atomic E-state index is 15.7. The van der Waals surface area contributed by atoms with E-state index in [0.717, 1.165) is 28.3 Å². The Balaban J connectivity index is 1.78. The number of ether oxygens (including phenoxy) is 1. The van der Waals surface area contributed by atoms with Crippen LogP contribution in [0.3, 0.4) is 0 Å². The lowest BCUT2D eigenvalue weighted by molar-refractivity contribution is -0.142. The first kappa shape index (κ1) is 28.1. The SMILES string of the molecule is C[C@@H]1CC2=C(Cc3ccccc32)[C@@H](c2c(F)ccc(OCCNCCCF)c2C(F)F)N1C[C@H](C)C(=O)O. The van der Waals surface area contributed by atoms with Gasteiger partial charge in [-0.15, -0.1) is 0 Å². The van der Waals surface area contributed by atoms with Crippen LogP contribution in [0, 0.1) is 11.7 Å². The molecule has 38 heavy (non-hydrogen) atoms. The molecular weight excluding hydrogens is 500 g/mol. The van der Waals surface area contributed by atoms with Crippen molar-refractivity contribution in [3.63, 3.8) is 0 Å². The van der Waals surface area contributed by atoms with Crippen molar-refractivity contribution in [1.29, 1.82) is 0 Å². The minimum absolute atomic E-state index is 0.0529. The second-order valence-corrected chi connectivity index (χ2v) is 10.0. The Hall–Kier alpha value is -2.91. The van der Waals surface area contributed by atoms with Crippen molar-refractivity contribution in [1.82, 2.24) is 10.2 Å². The molecule has 1 aliphatic heterocycles. The zero-order valence-electron chi connectivity index (χ0n) is 21.7. The molecular formula is C29H34F4N2O3. The molecule has 0 radical (unpaired) electrons. The van der Waals surface area contributed by atoms with Crippen LogP contribution in [0.4, 0.5) is 17.6 Å². The van der Waals surface area contributed by atoms with Crippen LogP contribution in [0.25, 0.3) is 5.57 Å². The number of aliphatic carboxylic acids is 1. The second kappa shape index (κ2) is 12.3. The van der Waals surface area contributed by atoms with E-state index in [2.05, 4.69) is 5.32 Å². The number of nitrogens with zero attached hydrogens (tertiary/aromatic N) is 1. The minimum Gasteiger partial charge on any atom is -0.492 e. The minimum atomic E-state index is -3.01. The first-order valence-electron chi connectivity index (χ1n) is 13.0. The summed E-state index contributed by atoms with van der Waals surface area (Å²) < 4.78 is 63.0. The molecule has 3 atom stereocenters. The molecule has 0 spiro atoms. The average molecular weight is 535 g/mol. The van der Waals surface area contributed by atoms with Gasteiger partial charge in [0.25, 0.3) is 6.43 Å². The number of rotatable bonds is 12. The van der Waals surface area contributed by atoms with E-state index in [1.807, 2.05) is 36.1 Å². The third kappa shape index (κ3) is 5.73. The highest BCUT2D eigenvalue weighted by Crippen LogP contribution is 2.51. The molecule has 0 amide bonds. The summed E-state index contributed by atoms with van der Waals surface area (Å²) in [5, 5.41) is 12.6. The second-order valence-electron chi connectivity index (χ2n) is 10.0. The fraction of sp³-hybridized carbons (Fsp3) is 0.483. The number of carboxylic acid groups (broad SMARTS) is 1. The first-order valence-corrected chi connectivity index (χ1v) is 13.0. The zero-order valence-corrected chi connectivity index (χ0v) is 21.7. The van der Waals surface area contributed by atoms with E-state index in [-0.39, 0.29) is 30.5 Å². The molecule has 2 aromatic carbocycles. The molecule has 4 rings (SSSR count). The quantitative estimate of drug-likeness (QED) is 0.260. The number of carbonyl (C=O) groups is 1. The molecule has 0 unspecified atom stereocenters. The van der Waals surface area contributed by atoms with E-state index in [1.54, 1.807) is 6.92 Å². The number of alkyl halides is 3. The van der Waals surface area contributed by atoms with E-state index in [0.29, 0.717) is 32.4 Å². The lowest BCUT2D eigenvalue weighted by Crippen LogP contribution is -2.45.